The van der Waals surface area contributed by atoms with E-state index in [1.807, 2.05) is 0 Å². The molecule has 0 aliphatic rings. The molecular formula is C9H11ClN2O2. The number of amides is 1. The lowest BCUT2D eigenvalue weighted by molar-refractivity contribution is -0.129. The van der Waals surface area contributed by atoms with Crippen LogP contribution in [0.5, 0.6) is 0 Å². The number of rotatable bonds is 4. The summed E-state index contributed by atoms with van der Waals surface area (Å²) >= 11 is 5.70. The molecule has 0 unspecified atom stereocenters. The summed E-state index contributed by atoms with van der Waals surface area (Å²) in [6, 6.07) is 7.08. The van der Waals surface area contributed by atoms with Gasteiger partial charge in [-0.25, -0.2) is 5.48 Å². The molecule has 0 aliphatic carbocycles. The summed E-state index contributed by atoms with van der Waals surface area (Å²) in [5.74, 6) is -0.234. The zero-order chi connectivity index (χ0) is 10.4. The Balaban J connectivity index is 2.38. The molecule has 1 aromatic carbocycles. The average molecular weight is 215 g/mol. The lowest BCUT2D eigenvalue weighted by Crippen LogP contribution is -2.28. The zero-order valence-electron chi connectivity index (χ0n) is 7.71. The zero-order valence-corrected chi connectivity index (χ0v) is 8.47. The van der Waals surface area contributed by atoms with Crippen LogP contribution in [0.3, 0.4) is 0 Å². The van der Waals surface area contributed by atoms with Crippen molar-refractivity contribution >= 4 is 23.2 Å². The molecule has 0 atom stereocenters. The normalized spacial score (nSPS) is 9.57. The molecule has 0 aliphatic heterocycles. The Morgan fingerprint density at radius 1 is 1.43 bits per heavy atom. The first-order chi connectivity index (χ1) is 6.72. The third-order valence-corrected chi connectivity index (χ3v) is 1.77. The van der Waals surface area contributed by atoms with Crippen LogP contribution in [0.2, 0.25) is 5.02 Å². The van der Waals surface area contributed by atoms with Crippen molar-refractivity contribution < 1.29 is 9.63 Å². The molecule has 0 saturated carbocycles. The van der Waals surface area contributed by atoms with Crippen molar-refractivity contribution in [2.24, 2.45) is 0 Å². The summed E-state index contributed by atoms with van der Waals surface area (Å²) in [6.45, 7) is 0.162. The van der Waals surface area contributed by atoms with Crippen molar-refractivity contribution in [1.29, 1.82) is 0 Å². The van der Waals surface area contributed by atoms with Crippen molar-refractivity contribution in [3.63, 3.8) is 0 Å². The first-order valence-electron chi connectivity index (χ1n) is 4.03. The van der Waals surface area contributed by atoms with Crippen LogP contribution >= 0.6 is 11.6 Å². The SMILES string of the molecule is CONC(=O)CNc1ccc(Cl)cc1. The standard InChI is InChI=1S/C9H11ClN2O2/c1-14-12-9(13)6-11-8-4-2-7(10)3-5-8/h2-5,11H,6H2,1H3,(H,12,13). The quantitative estimate of drug-likeness (QED) is 0.746. The van der Waals surface area contributed by atoms with Crippen molar-refractivity contribution in [3.8, 4) is 0 Å². The van der Waals surface area contributed by atoms with Gasteiger partial charge in [-0.1, -0.05) is 11.6 Å². The minimum absolute atomic E-state index is 0.162. The fourth-order valence-corrected chi connectivity index (χ4v) is 1.03. The second-order valence-electron chi connectivity index (χ2n) is 2.59. The van der Waals surface area contributed by atoms with Gasteiger partial charge in [0, 0.05) is 10.7 Å². The Morgan fingerprint density at radius 2 is 2.07 bits per heavy atom. The van der Waals surface area contributed by atoms with Gasteiger partial charge in [0.25, 0.3) is 5.91 Å². The maximum absolute atomic E-state index is 11.0. The Kier molecular flexibility index (Phi) is 4.22. The predicted molar refractivity (Wildman–Crippen MR) is 55.1 cm³/mol. The summed E-state index contributed by atoms with van der Waals surface area (Å²) in [5.41, 5.74) is 3.03. The number of hydrogen-bond donors (Lipinski definition) is 2. The van der Waals surface area contributed by atoms with Crippen molar-refractivity contribution in [3.05, 3.63) is 29.3 Å². The van der Waals surface area contributed by atoms with Crippen LogP contribution in [0.1, 0.15) is 0 Å². The van der Waals surface area contributed by atoms with Gasteiger partial charge in [-0.2, -0.15) is 0 Å². The first-order valence-corrected chi connectivity index (χ1v) is 4.41. The van der Waals surface area contributed by atoms with E-state index in [1.165, 1.54) is 7.11 Å². The summed E-state index contributed by atoms with van der Waals surface area (Å²) < 4.78 is 0. The number of carbonyl (C=O) groups excluding carboxylic acids is 1. The molecule has 0 radical (unpaired) electrons. The Hall–Kier alpha value is -1.26. The molecular weight excluding hydrogens is 204 g/mol. The fraction of sp³-hybridized carbons (Fsp3) is 0.222. The van der Waals surface area contributed by atoms with E-state index >= 15 is 0 Å². The summed E-state index contributed by atoms with van der Waals surface area (Å²) in [4.78, 5) is 15.4. The third-order valence-electron chi connectivity index (χ3n) is 1.51. The van der Waals surface area contributed by atoms with Crippen LogP contribution in [0.4, 0.5) is 5.69 Å². The average Bonchev–Trinajstić information content (AvgIpc) is 2.17. The third kappa shape index (κ3) is 3.64. The highest BCUT2D eigenvalue weighted by atomic mass is 35.5. The van der Waals surface area contributed by atoms with Gasteiger partial charge in [0.1, 0.15) is 0 Å². The monoisotopic (exact) mass is 214 g/mol. The van der Waals surface area contributed by atoms with Crippen LogP contribution in [0.15, 0.2) is 24.3 Å². The van der Waals surface area contributed by atoms with Gasteiger partial charge in [-0.05, 0) is 24.3 Å². The van der Waals surface area contributed by atoms with E-state index in [4.69, 9.17) is 11.6 Å². The fourth-order valence-electron chi connectivity index (χ4n) is 0.900. The number of hydroxylamine groups is 1. The van der Waals surface area contributed by atoms with E-state index in [0.29, 0.717) is 5.02 Å². The van der Waals surface area contributed by atoms with E-state index in [2.05, 4.69) is 15.6 Å². The number of nitrogens with one attached hydrogen (secondary N) is 2. The van der Waals surface area contributed by atoms with Crippen molar-refractivity contribution in [2.75, 3.05) is 19.0 Å². The minimum atomic E-state index is -0.234. The molecule has 2 N–H and O–H groups in total. The highest BCUT2D eigenvalue weighted by Gasteiger charge is 1.98. The van der Waals surface area contributed by atoms with Gasteiger partial charge < -0.3 is 5.32 Å². The van der Waals surface area contributed by atoms with E-state index in [9.17, 15) is 4.79 Å². The second kappa shape index (κ2) is 5.47. The topological polar surface area (TPSA) is 50.4 Å². The number of benzene rings is 1. The second-order valence-corrected chi connectivity index (χ2v) is 3.03. The highest BCUT2D eigenvalue weighted by molar-refractivity contribution is 6.30. The number of halogens is 1. The maximum Gasteiger partial charge on any atom is 0.262 e. The van der Waals surface area contributed by atoms with E-state index in [0.717, 1.165) is 5.69 Å². The molecule has 1 aromatic rings. The van der Waals surface area contributed by atoms with E-state index < -0.39 is 0 Å². The molecule has 4 nitrogen and oxygen atoms in total. The van der Waals surface area contributed by atoms with Crippen molar-refractivity contribution in [1.82, 2.24) is 5.48 Å². The van der Waals surface area contributed by atoms with Crippen LogP contribution in [-0.2, 0) is 9.63 Å². The Labute approximate surface area is 87.2 Å². The Bertz CT molecular complexity index is 300. The van der Waals surface area contributed by atoms with Gasteiger partial charge in [-0.3, -0.25) is 9.63 Å². The van der Waals surface area contributed by atoms with Crippen LogP contribution < -0.4 is 10.8 Å². The summed E-state index contributed by atoms with van der Waals surface area (Å²) in [5, 5.41) is 3.57. The van der Waals surface area contributed by atoms with Crippen LogP contribution in [0.25, 0.3) is 0 Å². The molecule has 0 heterocycles. The Morgan fingerprint density at radius 3 is 2.64 bits per heavy atom. The molecule has 76 valence electrons. The first kappa shape index (κ1) is 10.8. The molecule has 1 amide bonds. The highest BCUT2D eigenvalue weighted by Crippen LogP contribution is 2.12. The lowest BCUT2D eigenvalue weighted by atomic mass is 10.3. The van der Waals surface area contributed by atoms with E-state index in [-0.39, 0.29) is 12.5 Å². The van der Waals surface area contributed by atoms with Gasteiger partial charge in [-0.15, -0.1) is 0 Å². The summed E-state index contributed by atoms with van der Waals surface area (Å²) in [7, 11) is 1.39. The predicted octanol–water partition coefficient (Wildman–Crippen LogP) is 1.43. The molecule has 14 heavy (non-hydrogen) atoms. The lowest BCUT2D eigenvalue weighted by Gasteiger charge is -2.05. The number of anilines is 1. The molecule has 5 heteroatoms. The van der Waals surface area contributed by atoms with Gasteiger partial charge >= 0.3 is 0 Å². The van der Waals surface area contributed by atoms with Crippen LogP contribution in [-0.4, -0.2) is 19.6 Å². The van der Waals surface area contributed by atoms with Gasteiger partial charge in [0.15, 0.2) is 0 Å². The smallest absolute Gasteiger partial charge is 0.262 e. The maximum atomic E-state index is 11.0. The number of carbonyl (C=O) groups is 1. The molecule has 0 fully saturated rings. The van der Waals surface area contributed by atoms with Gasteiger partial charge in [0.05, 0.1) is 13.7 Å². The number of hydrogen-bond acceptors (Lipinski definition) is 3. The molecule has 0 spiro atoms. The molecule has 0 aromatic heterocycles. The van der Waals surface area contributed by atoms with E-state index in [1.54, 1.807) is 24.3 Å². The van der Waals surface area contributed by atoms with Crippen LogP contribution in [0, 0.1) is 0 Å². The van der Waals surface area contributed by atoms with Crippen molar-refractivity contribution in [2.45, 2.75) is 0 Å². The largest absolute Gasteiger partial charge is 0.376 e. The molecule has 0 saturated heterocycles. The molecule has 0 bridgehead atoms. The minimum Gasteiger partial charge on any atom is -0.376 e. The summed E-state index contributed by atoms with van der Waals surface area (Å²) in [6.07, 6.45) is 0. The molecule has 1 rings (SSSR count). The van der Waals surface area contributed by atoms with Gasteiger partial charge in [0.2, 0.25) is 0 Å².